The number of halogens is 1. The highest BCUT2D eigenvalue weighted by atomic mass is 35.5. The number of hydrogen-bond acceptors (Lipinski definition) is 3. The fourth-order valence-corrected chi connectivity index (χ4v) is 2.86. The van der Waals surface area contributed by atoms with Crippen molar-refractivity contribution in [3.63, 3.8) is 0 Å². The minimum absolute atomic E-state index is 0. The summed E-state index contributed by atoms with van der Waals surface area (Å²) in [5.74, 6) is 0.993. The Labute approximate surface area is 130 Å². The van der Waals surface area contributed by atoms with Crippen LogP contribution in [0.4, 0.5) is 0 Å². The lowest BCUT2D eigenvalue weighted by atomic mass is 10.0. The maximum atomic E-state index is 12.4. The van der Waals surface area contributed by atoms with Crippen LogP contribution in [-0.4, -0.2) is 50.2 Å². The largest absolute Gasteiger partial charge is 0.383 e. The van der Waals surface area contributed by atoms with Crippen LogP contribution in [0.25, 0.3) is 0 Å². The molecule has 1 fully saturated rings. The number of nitrogens with zero attached hydrogens (tertiary/aromatic N) is 1. The summed E-state index contributed by atoms with van der Waals surface area (Å²) in [6.45, 7) is 7.86. The first kappa shape index (κ1) is 19.7. The van der Waals surface area contributed by atoms with Gasteiger partial charge in [-0.3, -0.25) is 4.79 Å². The maximum Gasteiger partial charge on any atom is 0.222 e. The van der Waals surface area contributed by atoms with Gasteiger partial charge in [0.1, 0.15) is 0 Å². The fourth-order valence-electron chi connectivity index (χ4n) is 2.86. The van der Waals surface area contributed by atoms with E-state index < -0.39 is 0 Å². The first-order chi connectivity index (χ1) is 9.22. The molecule has 1 atom stereocenters. The summed E-state index contributed by atoms with van der Waals surface area (Å²) in [5, 5.41) is 3.36. The highest BCUT2D eigenvalue weighted by Gasteiger charge is 2.22. The number of carbonyl (C=O) groups is 1. The predicted molar refractivity (Wildman–Crippen MR) is 85.4 cm³/mol. The molecule has 1 saturated heterocycles. The molecule has 0 aromatic carbocycles. The molecule has 5 heteroatoms. The van der Waals surface area contributed by atoms with Crippen molar-refractivity contribution in [3.8, 4) is 0 Å². The molecule has 4 nitrogen and oxygen atoms in total. The third kappa shape index (κ3) is 6.42. The van der Waals surface area contributed by atoms with Crippen LogP contribution >= 0.6 is 12.4 Å². The maximum absolute atomic E-state index is 12.4. The van der Waals surface area contributed by atoms with E-state index in [1.54, 1.807) is 7.11 Å². The van der Waals surface area contributed by atoms with Gasteiger partial charge in [0, 0.05) is 26.1 Å². The molecule has 0 spiro atoms. The normalized spacial score (nSPS) is 18.1. The lowest BCUT2D eigenvalue weighted by Gasteiger charge is -2.30. The monoisotopic (exact) mass is 306 g/mol. The first-order valence-corrected chi connectivity index (χ1v) is 7.72. The summed E-state index contributed by atoms with van der Waals surface area (Å²) in [5.41, 5.74) is 0. The molecule has 1 rings (SSSR count). The average Bonchev–Trinajstić information content (AvgIpc) is 2.94. The lowest BCUT2D eigenvalue weighted by Crippen LogP contribution is -2.41. The zero-order chi connectivity index (χ0) is 14.1. The van der Waals surface area contributed by atoms with Crippen molar-refractivity contribution in [2.24, 2.45) is 5.92 Å². The van der Waals surface area contributed by atoms with E-state index in [-0.39, 0.29) is 12.4 Å². The van der Waals surface area contributed by atoms with Crippen LogP contribution in [0.15, 0.2) is 0 Å². The fraction of sp³-hybridized carbons (Fsp3) is 0.933. The van der Waals surface area contributed by atoms with E-state index in [0.29, 0.717) is 30.9 Å². The molecular formula is C15H31ClN2O2. The van der Waals surface area contributed by atoms with Gasteiger partial charge in [0.25, 0.3) is 0 Å². The van der Waals surface area contributed by atoms with Crippen molar-refractivity contribution < 1.29 is 9.53 Å². The number of amides is 1. The molecule has 1 N–H and O–H groups in total. The summed E-state index contributed by atoms with van der Waals surface area (Å²) < 4.78 is 5.14. The number of carbonyl (C=O) groups excluding carboxylic acids is 1. The van der Waals surface area contributed by atoms with E-state index in [4.69, 9.17) is 4.74 Å². The van der Waals surface area contributed by atoms with Crippen LogP contribution in [0.1, 0.15) is 46.0 Å². The van der Waals surface area contributed by atoms with Crippen LogP contribution in [0.3, 0.4) is 0 Å². The molecule has 0 radical (unpaired) electrons. The highest BCUT2D eigenvalue weighted by molar-refractivity contribution is 5.85. The average molecular weight is 307 g/mol. The van der Waals surface area contributed by atoms with Crippen LogP contribution in [0.5, 0.6) is 0 Å². The molecule has 20 heavy (non-hydrogen) atoms. The Balaban J connectivity index is 0.00000361. The Morgan fingerprint density at radius 2 is 2.10 bits per heavy atom. The van der Waals surface area contributed by atoms with Gasteiger partial charge in [-0.05, 0) is 44.7 Å². The van der Waals surface area contributed by atoms with Gasteiger partial charge in [-0.25, -0.2) is 0 Å². The van der Waals surface area contributed by atoms with E-state index in [1.165, 1.54) is 6.42 Å². The third-order valence-corrected chi connectivity index (χ3v) is 4.17. The van der Waals surface area contributed by atoms with Gasteiger partial charge in [-0.2, -0.15) is 0 Å². The molecule has 0 aromatic rings. The SMILES string of the molecule is CCC(CC)N(CCOC)C(=O)CCC1CCNC1.Cl. The predicted octanol–water partition coefficient (Wildman–Crippen LogP) is 2.46. The zero-order valence-electron chi connectivity index (χ0n) is 13.2. The third-order valence-electron chi connectivity index (χ3n) is 4.17. The minimum Gasteiger partial charge on any atom is -0.383 e. The lowest BCUT2D eigenvalue weighted by molar-refractivity contribution is -0.134. The van der Waals surface area contributed by atoms with E-state index >= 15 is 0 Å². The molecule has 1 heterocycles. The van der Waals surface area contributed by atoms with Gasteiger partial charge in [-0.15, -0.1) is 12.4 Å². The van der Waals surface area contributed by atoms with Gasteiger partial charge >= 0.3 is 0 Å². The molecule has 0 aromatic heterocycles. The number of hydrogen-bond donors (Lipinski definition) is 1. The van der Waals surface area contributed by atoms with Crippen molar-refractivity contribution in [2.75, 3.05) is 33.4 Å². The Kier molecular flexibility index (Phi) is 11.2. The van der Waals surface area contributed by atoms with E-state index in [9.17, 15) is 4.79 Å². The number of nitrogens with one attached hydrogen (secondary N) is 1. The summed E-state index contributed by atoms with van der Waals surface area (Å²) in [6, 6.07) is 0.365. The minimum atomic E-state index is 0. The number of methoxy groups -OCH3 is 1. The van der Waals surface area contributed by atoms with Crippen molar-refractivity contribution >= 4 is 18.3 Å². The van der Waals surface area contributed by atoms with Gasteiger partial charge < -0.3 is 15.0 Å². The van der Waals surface area contributed by atoms with Gasteiger partial charge in [0.2, 0.25) is 5.91 Å². The Morgan fingerprint density at radius 1 is 1.40 bits per heavy atom. The standard InChI is InChI=1S/C15H30N2O2.ClH/c1-4-14(5-2)17(10-11-19-3)15(18)7-6-13-8-9-16-12-13;/h13-14,16H,4-12H2,1-3H3;1H. The van der Waals surface area contributed by atoms with Crippen LogP contribution < -0.4 is 5.32 Å². The smallest absolute Gasteiger partial charge is 0.222 e. The van der Waals surface area contributed by atoms with Gasteiger partial charge in [0.05, 0.1) is 6.61 Å². The molecule has 1 amide bonds. The molecule has 0 aliphatic carbocycles. The molecule has 1 unspecified atom stereocenters. The summed E-state index contributed by atoms with van der Waals surface area (Å²) in [6.07, 6.45) is 4.98. The van der Waals surface area contributed by atoms with Crippen molar-refractivity contribution in [1.29, 1.82) is 0 Å². The second-order valence-corrected chi connectivity index (χ2v) is 5.45. The van der Waals surface area contributed by atoms with Crippen molar-refractivity contribution in [2.45, 2.75) is 52.0 Å². The first-order valence-electron chi connectivity index (χ1n) is 7.72. The Morgan fingerprint density at radius 3 is 2.60 bits per heavy atom. The molecule has 120 valence electrons. The van der Waals surface area contributed by atoms with Gasteiger partial charge in [-0.1, -0.05) is 13.8 Å². The van der Waals surface area contributed by atoms with Crippen LogP contribution in [0, 0.1) is 5.92 Å². The molecule has 1 aliphatic rings. The highest BCUT2D eigenvalue weighted by Crippen LogP contribution is 2.17. The molecule has 0 bridgehead atoms. The van der Waals surface area contributed by atoms with Crippen LogP contribution in [-0.2, 0) is 9.53 Å². The number of rotatable bonds is 9. The van der Waals surface area contributed by atoms with Crippen molar-refractivity contribution in [1.82, 2.24) is 10.2 Å². The number of ether oxygens (including phenoxy) is 1. The van der Waals surface area contributed by atoms with E-state index in [2.05, 4.69) is 19.2 Å². The summed E-state index contributed by atoms with van der Waals surface area (Å²) in [7, 11) is 1.69. The molecular weight excluding hydrogens is 276 g/mol. The van der Waals surface area contributed by atoms with E-state index in [1.807, 2.05) is 4.90 Å². The zero-order valence-corrected chi connectivity index (χ0v) is 14.0. The Bertz CT molecular complexity index is 254. The van der Waals surface area contributed by atoms with Gasteiger partial charge in [0.15, 0.2) is 0 Å². The van der Waals surface area contributed by atoms with Crippen molar-refractivity contribution in [3.05, 3.63) is 0 Å². The van der Waals surface area contributed by atoms with Crippen LogP contribution in [0.2, 0.25) is 0 Å². The quantitative estimate of drug-likeness (QED) is 0.711. The molecule has 1 aliphatic heterocycles. The topological polar surface area (TPSA) is 41.6 Å². The second kappa shape index (κ2) is 11.4. The second-order valence-electron chi connectivity index (χ2n) is 5.45. The summed E-state index contributed by atoms with van der Waals surface area (Å²) >= 11 is 0. The molecule has 0 saturated carbocycles. The summed E-state index contributed by atoms with van der Waals surface area (Å²) in [4.78, 5) is 14.4. The Hall–Kier alpha value is -0.320. The van der Waals surface area contributed by atoms with E-state index in [0.717, 1.165) is 38.9 Å².